The van der Waals surface area contributed by atoms with Crippen LogP contribution in [0.25, 0.3) is 0 Å². The van der Waals surface area contributed by atoms with E-state index in [0.717, 1.165) is 0 Å². The van der Waals surface area contributed by atoms with Crippen LogP contribution in [0.1, 0.15) is 38.9 Å². The van der Waals surface area contributed by atoms with Crippen LogP contribution in [-0.2, 0) is 14.3 Å². The smallest absolute Gasteiger partial charge is 0.318 e. The van der Waals surface area contributed by atoms with E-state index in [1.807, 2.05) is 0 Å². The molecule has 0 radical (unpaired) electrons. The van der Waals surface area contributed by atoms with E-state index in [1.54, 1.807) is 32.9 Å². The van der Waals surface area contributed by atoms with E-state index in [0.29, 0.717) is 5.76 Å². The molecule has 6 heteroatoms. The molecule has 0 fully saturated rings. The third kappa shape index (κ3) is 4.75. The minimum Gasteiger partial charge on any atom is -0.481 e. The first-order valence-corrected chi connectivity index (χ1v) is 5.94. The summed E-state index contributed by atoms with van der Waals surface area (Å²) < 4.78 is 10.4. The molecule has 0 amide bonds. The van der Waals surface area contributed by atoms with E-state index >= 15 is 0 Å². The number of aliphatic carboxylic acids is 1. The van der Waals surface area contributed by atoms with Crippen LogP contribution in [0.5, 0.6) is 0 Å². The summed E-state index contributed by atoms with van der Waals surface area (Å²) in [5.41, 5.74) is 5.11. The fourth-order valence-electron chi connectivity index (χ4n) is 1.65. The van der Waals surface area contributed by atoms with Gasteiger partial charge in [0.2, 0.25) is 0 Å². The van der Waals surface area contributed by atoms with Gasteiger partial charge in [0.05, 0.1) is 12.7 Å². The van der Waals surface area contributed by atoms with Gasteiger partial charge in [0, 0.05) is 6.04 Å². The van der Waals surface area contributed by atoms with Crippen molar-refractivity contribution in [2.45, 2.75) is 44.8 Å². The van der Waals surface area contributed by atoms with Gasteiger partial charge in [-0.3, -0.25) is 9.59 Å². The Balaban J connectivity index is 2.93. The second-order valence-corrected chi connectivity index (χ2v) is 5.29. The average molecular weight is 269 g/mol. The molecule has 0 aliphatic rings. The summed E-state index contributed by atoms with van der Waals surface area (Å²) >= 11 is 0. The van der Waals surface area contributed by atoms with Crippen molar-refractivity contribution in [3.8, 4) is 0 Å². The molecule has 0 unspecified atom stereocenters. The van der Waals surface area contributed by atoms with Gasteiger partial charge in [0.15, 0.2) is 0 Å². The highest BCUT2D eigenvalue weighted by atomic mass is 16.6. The monoisotopic (exact) mass is 269 g/mol. The van der Waals surface area contributed by atoms with Gasteiger partial charge < -0.3 is 20.0 Å². The van der Waals surface area contributed by atoms with Gasteiger partial charge in [-0.2, -0.15) is 0 Å². The van der Waals surface area contributed by atoms with Crippen LogP contribution in [-0.4, -0.2) is 28.7 Å². The Bertz CT molecular complexity index is 432. The van der Waals surface area contributed by atoms with Gasteiger partial charge in [-0.1, -0.05) is 0 Å². The summed E-state index contributed by atoms with van der Waals surface area (Å²) in [5.74, 6) is -2.28. The number of nitrogens with two attached hydrogens (primary N) is 1. The topological polar surface area (TPSA) is 103 Å². The third-order valence-electron chi connectivity index (χ3n) is 2.35. The first-order valence-electron chi connectivity index (χ1n) is 5.94. The Kier molecular flexibility index (Phi) is 4.72. The average Bonchev–Trinajstić information content (AvgIpc) is 2.66. The number of ether oxygens (including phenoxy) is 1. The van der Waals surface area contributed by atoms with Crippen molar-refractivity contribution in [2.24, 2.45) is 5.73 Å². The van der Waals surface area contributed by atoms with E-state index in [-0.39, 0.29) is 6.42 Å². The van der Waals surface area contributed by atoms with Gasteiger partial charge >= 0.3 is 11.9 Å². The van der Waals surface area contributed by atoms with Crippen LogP contribution in [0.2, 0.25) is 0 Å². The molecule has 0 aliphatic heterocycles. The molecule has 1 heterocycles. The third-order valence-corrected chi connectivity index (χ3v) is 2.35. The van der Waals surface area contributed by atoms with Crippen LogP contribution < -0.4 is 5.73 Å². The van der Waals surface area contributed by atoms with Gasteiger partial charge in [-0.25, -0.2) is 0 Å². The Morgan fingerprint density at radius 3 is 2.53 bits per heavy atom. The molecule has 0 aliphatic carbocycles. The van der Waals surface area contributed by atoms with Crippen molar-refractivity contribution in [3.05, 3.63) is 24.2 Å². The van der Waals surface area contributed by atoms with E-state index in [4.69, 9.17) is 20.0 Å². The first-order chi connectivity index (χ1) is 8.70. The molecule has 3 N–H and O–H groups in total. The molecule has 2 atom stereocenters. The maximum atomic E-state index is 12.1. The maximum absolute atomic E-state index is 12.1. The largest absolute Gasteiger partial charge is 0.481 e. The highest BCUT2D eigenvalue weighted by Gasteiger charge is 2.34. The van der Waals surface area contributed by atoms with E-state index in [9.17, 15) is 9.59 Å². The van der Waals surface area contributed by atoms with Crippen LogP contribution in [0.15, 0.2) is 22.8 Å². The van der Waals surface area contributed by atoms with Crippen molar-refractivity contribution in [3.63, 3.8) is 0 Å². The lowest BCUT2D eigenvalue weighted by Crippen LogP contribution is -2.39. The number of esters is 1. The second-order valence-electron chi connectivity index (χ2n) is 5.29. The fourth-order valence-corrected chi connectivity index (χ4v) is 1.65. The summed E-state index contributed by atoms with van der Waals surface area (Å²) in [6.07, 6.45) is 1.06. The summed E-state index contributed by atoms with van der Waals surface area (Å²) in [6.45, 7) is 5.19. The van der Waals surface area contributed by atoms with Crippen LogP contribution in [0.3, 0.4) is 0 Å². The quantitative estimate of drug-likeness (QED) is 0.785. The molecule has 0 saturated carbocycles. The lowest BCUT2D eigenvalue weighted by Gasteiger charge is -2.25. The van der Waals surface area contributed by atoms with Gasteiger partial charge in [0.25, 0.3) is 0 Å². The zero-order valence-electron chi connectivity index (χ0n) is 11.3. The fraction of sp³-hybridized carbons (Fsp3) is 0.538. The molecular formula is C13H19NO5. The summed E-state index contributed by atoms with van der Waals surface area (Å²) in [6, 6.07) is 2.29. The van der Waals surface area contributed by atoms with Crippen molar-refractivity contribution < 1.29 is 23.8 Å². The molecule has 1 aromatic rings. The molecule has 19 heavy (non-hydrogen) atoms. The number of carboxylic acid groups (broad SMARTS) is 1. The van der Waals surface area contributed by atoms with Gasteiger partial charge in [-0.15, -0.1) is 0 Å². The maximum Gasteiger partial charge on any atom is 0.318 e. The lowest BCUT2D eigenvalue weighted by molar-refractivity contribution is -0.158. The van der Waals surface area contributed by atoms with E-state index in [2.05, 4.69) is 0 Å². The Hall–Kier alpha value is -1.82. The Morgan fingerprint density at radius 1 is 1.47 bits per heavy atom. The molecule has 6 nitrogen and oxygen atoms in total. The first kappa shape index (κ1) is 15.2. The number of rotatable bonds is 5. The molecular weight excluding hydrogens is 250 g/mol. The van der Waals surface area contributed by atoms with Crippen LogP contribution in [0, 0.1) is 0 Å². The Labute approximate surface area is 111 Å². The minimum absolute atomic E-state index is 0.308. The van der Waals surface area contributed by atoms with E-state index < -0.39 is 29.5 Å². The number of carbonyl (C=O) groups is 2. The number of hydrogen-bond donors (Lipinski definition) is 2. The number of carbonyl (C=O) groups excluding carboxylic acids is 1. The molecule has 0 spiro atoms. The predicted octanol–water partition coefficient (Wildman–Crippen LogP) is 1.51. The molecule has 1 rings (SSSR count). The predicted molar refractivity (Wildman–Crippen MR) is 67.5 cm³/mol. The highest BCUT2D eigenvalue weighted by molar-refractivity contribution is 5.80. The SMILES string of the molecule is CC(C)(C)OC(=O)[C@H](c1ccco1)[C@@H](N)CC(=O)O. The zero-order chi connectivity index (χ0) is 14.6. The Morgan fingerprint density at radius 2 is 2.11 bits per heavy atom. The van der Waals surface area contributed by atoms with Crippen molar-refractivity contribution in [2.75, 3.05) is 0 Å². The number of furan rings is 1. The van der Waals surface area contributed by atoms with Gasteiger partial charge in [0.1, 0.15) is 17.3 Å². The minimum atomic E-state index is -1.08. The molecule has 1 aromatic heterocycles. The molecule has 106 valence electrons. The van der Waals surface area contributed by atoms with Crippen molar-refractivity contribution >= 4 is 11.9 Å². The van der Waals surface area contributed by atoms with Crippen LogP contribution in [0.4, 0.5) is 0 Å². The van der Waals surface area contributed by atoms with Crippen LogP contribution >= 0.6 is 0 Å². The summed E-state index contributed by atoms with van der Waals surface area (Å²) in [5, 5.41) is 8.78. The molecule has 0 saturated heterocycles. The lowest BCUT2D eigenvalue weighted by atomic mass is 9.95. The second kappa shape index (κ2) is 5.88. The zero-order valence-corrected chi connectivity index (χ0v) is 11.3. The normalized spacial score (nSPS) is 14.7. The molecule has 0 bridgehead atoms. The number of hydrogen-bond acceptors (Lipinski definition) is 5. The highest BCUT2D eigenvalue weighted by Crippen LogP contribution is 2.25. The standard InChI is InChI=1S/C13H19NO5/c1-13(2,3)19-12(17)11(8(14)7-10(15)16)9-5-4-6-18-9/h4-6,8,11H,7,14H2,1-3H3,(H,15,16)/t8-,11-/m0/s1. The summed E-state index contributed by atoms with van der Waals surface area (Å²) in [7, 11) is 0. The van der Waals surface area contributed by atoms with Crippen molar-refractivity contribution in [1.82, 2.24) is 0 Å². The van der Waals surface area contributed by atoms with Crippen molar-refractivity contribution in [1.29, 1.82) is 0 Å². The van der Waals surface area contributed by atoms with Gasteiger partial charge in [-0.05, 0) is 32.9 Å². The molecule has 0 aromatic carbocycles. The summed E-state index contributed by atoms with van der Waals surface area (Å²) in [4.78, 5) is 22.9. The van der Waals surface area contributed by atoms with E-state index in [1.165, 1.54) is 6.26 Å². The number of carboxylic acids is 1.